The van der Waals surface area contributed by atoms with E-state index >= 15 is 0 Å². The molecule has 168 valence electrons. The van der Waals surface area contributed by atoms with E-state index in [0.717, 1.165) is 5.56 Å². The molecule has 32 heavy (non-hydrogen) atoms. The lowest BCUT2D eigenvalue weighted by molar-refractivity contribution is 0.102. The maximum Gasteiger partial charge on any atom is 0.255 e. The van der Waals surface area contributed by atoms with Gasteiger partial charge in [0.25, 0.3) is 5.91 Å². The van der Waals surface area contributed by atoms with Gasteiger partial charge in [-0.25, -0.2) is 13.1 Å². The molecule has 0 fully saturated rings. The van der Waals surface area contributed by atoms with Crippen LogP contribution in [0.25, 0.3) is 0 Å². The molecule has 0 aliphatic rings. The molecular formula is C23H24N2O6S. The number of ether oxygens (including phenoxy) is 3. The molecule has 0 bridgehead atoms. The lowest BCUT2D eigenvalue weighted by Gasteiger charge is -2.14. The zero-order valence-corrected chi connectivity index (χ0v) is 18.7. The topological polar surface area (TPSA) is 103 Å². The van der Waals surface area contributed by atoms with E-state index in [9.17, 15) is 13.2 Å². The van der Waals surface area contributed by atoms with E-state index in [-0.39, 0.29) is 22.8 Å². The number of carbonyl (C=O) groups excluding carboxylic acids is 1. The van der Waals surface area contributed by atoms with Crippen molar-refractivity contribution in [2.75, 3.05) is 26.6 Å². The first-order valence-corrected chi connectivity index (χ1v) is 11.1. The van der Waals surface area contributed by atoms with Crippen LogP contribution >= 0.6 is 0 Å². The second-order valence-electron chi connectivity index (χ2n) is 6.70. The Morgan fingerprint density at radius 2 is 1.53 bits per heavy atom. The Morgan fingerprint density at radius 1 is 0.844 bits per heavy atom. The summed E-state index contributed by atoms with van der Waals surface area (Å²) in [6, 6.07) is 18.3. The van der Waals surface area contributed by atoms with E-state index in [0.29, 0.717) is 17.2 Å². The number of sulfonamides is 1. The summed E-state index contributed by atoms with van der Waals surface area (Å²) in [7, 11) is 0.405. The average Bonchev–Trinajstić information content (AvgIpc) is 2.83. The zero-order valence-electron chi connectivity index (χ0n) is 17.9. The van der Waals surface area contributed by atoms with Gasteiger partial charge in [-0.15, -0.1) is 0 Å². The third kappa shape index (κ3) is 5.37. The molecule has 2 N–H and O–H groups in total. The highest BCUT2D eigenvalue weighted by molar-refractivity contribution is 7.89. The lowest BCUT2D eigenvalue weighted by atomic mass is 10.2. The van der Waals surface area contributed by atoms with E-state index in [1.807, 2.05) is 30.3 Å². The Hall–Kier alpha value is -3.56. The van der Waals surface area contributed by atoms with Gasteiger partial charge in [-0.05, 0) is 35.9 Å². The van der Waals surface area contributed by atoms with Gasteiger partial charge in [-0.2, -0.15) is 0 Å². The van der Waals surface area contributed by atoms with Gasteiger partial charge in [0, 0.05) is 18.2 Å². The van der Waals surface area contributed by atoms with Crippen molar-refractivity contribution in [2.45, 2.75) is 11.4 Å². The summed E-state index contributed by atoms with van der Waals surface area (Å²) in [5, 5.41) is 2.73. The minimum atomic E-state index is -3.95. The lowest BCUT2D eigenvalue weighted by Crippen LogP contribution is -2.24. The average molecular weight is 457 g/mol. The molecule has 1 amide bonds. The number of carbonyl (C=O) groups is 1. The van der Waals surface area contributed by atoms with Gasteiger partial charge in [0.2, 0.25) is 10.0 Å². The van der Waals surface area contributed by atoms with Crippen LogP contribution in [0.1, 0.15) is 15.9 Å². The molecule has 0 saturated carbocycles. The standard InChI is InChI=1S/C23H24N2O6S/c1-29-18-10-12-20(30-2)19(14-18)25-23(26)17-9-11-21(31-3)22(13-17)32(27,28)24-15-16-7-5-4-6-8-16/h4-14,24H,15H2,1-3H3,(H,25,26). The van der Waals surface area contributed by atoms with Crippen LogP contribution in [0.5, 0.6) is 17.2 Å². The molecule has 0 aromatic heterocycles. The van der Waals surface area contributed by atoms with E-state index in [1.165, 1.54) is 39.5 Å². The highest BCUT2D eigenvalue weighted by atomic mass is 32.2. The highest BCUT2D eigenvalue weighted by Crippen LogP contribution is 2.30. The van der Waals surface area contributed by atoms with E-state index < -0.39 is 15.9 Å². The van der Waals surface area contributed by atoms with Crippen molar-refractivity contribution in [3.63, 3.8) is 0 Å². The van der Waals surface area contributed by atoms with Gasteiger partial charge in [0.15, 0.2) is 0 Å². The van der Waals surface area contributed by atoms with Gasteiger partial charge >= 0.3 is 0 Å². The highest BCUT2D eigenvalue weighted by Gasteiger charge is 2.22. The van der Waals surface area contributed by atoms with Crippen molar-refractivity contribution in [2.24, 2.45) is 0 Å². The predicted octanol–water partition coefficient (Wildman–Crippen LogP) is 3.44. The summed E-state index contributed by atoms with van der Waals surface area (Å²) < 4.78 is 44.1. The van der Waals surface area contributed by atoms with Crippen molar-refractivity contribution < 1.29 is 27.4 Å². The number of hydrogen-bond acceptors (Lipinski definition) is 6. The smallest absolute Gasteiger partial charge is 0.255 e. The number of nitrogens with one attached hydrogen (secondary N) is 2. The summed E-state index contributed by atoms with van der Waals surface area (Å²) in [5.41, 5.74) is 1.32. The van der Waals surface area contributed by atoms with Gasteiger partial charge in [0.1, 0.15) is 22.1 Å². The molecule has 3 rings (SSSR count). The molecule has 0 heterocycles. The van der Waals surface area contributed by atoms with Crippen LogP contribution in [0.3, 0.4) is 0 Å². The number of methoxy groups -OCH3 is 3. The maximum absolute atomic E-state index is 12.9. The quantitative estimate of drug-likeness (QED) is 0.511. The third-order valence-corrected chi connectivity index (χ3v) is 6.10. The molecule has 0 aliphatic heterocycles. The molecular weight excluding hydrogens is 432 g/mol. The Balaban J connectivity index is 1.88. The van der Waals surface area contributed by atoms with Crippen LogP contribution in [0.2, 0.25) is 0 Å². The monoisotopic (exact) mass is 456 g/mol. The van der Waals surface area contributed by atoms with Crippen LogP contribution in [0.15, 0.2) is 71.6 Å². The minimum absolute atomic E-state index is 0.101. The summed E-state index contributed by atoms with van der Waals surface area (Å²) in [6.07, 6.45) is 0. The third-order valence-electron chi connectivity index (χ3n) is 4.68. The Morgan fingerprint density at radius 3 is 2.19 bits per heavy atom. The Labute approximate surface area is 187 Å². The largest absolute Gasteiger partial charge is 0.497 e. The molecule has 0 aliphatic carbocycles. The number of benzene rings is 3. The fourth-order valence-corrected chi connectivity index (χ4v) is 4.20. The van der Waals surface area contributed by atoms with Gasteiger partial charge in [-0.3, -0.25) is 4.79 Å². The van der Waals surface area contributed by atoms with E-state index in [4.69, 9.17) is 14.2 Å². The molecule has 0 saturated heterocycles. The first kappa shape index (κ1) is 23.1. The van der Waals surface area contributed by atoms with Crippen molar-refractivity contribution in [1.82, 2.24) is 4.72 Å². The number of anilines is 1. The predicted molar refractivity (Wildman–Crippen MR) is 121 cm³/mol. The number of rotatable bonds is 9. The Kier molecular flexibility index (Phi) is 7.34. The molecule has 9 heteroatoms. The molecule has 3 aromatic carbocycles. The fourth-order valence-electron chi connectivity index (χ4n) is 2.99. The molecule has 0 unspecified atom stereocenters. The summed E-state index contributed by atoms with van der Waals surface area (Å²) in [6.45, 7) is 0.101. The van der Waals surface area contributed by atoms with Crippen molar-refractivity contribution in [3.8, 4) is 17.2 Å². The summed E-state index contributed by atoms with van der Waals surface area (Å²) in [4.78, 5) is 12.7. The van der Waals surface area contributed by atoms with E-state index in [2.05, 4.69) is 10.0 Å². The molecule has 0 radical (unpaired) electrons. The fraction of sp³-hybridized carbons (Fsp3) is 0.174. The van der Waals surface area contributed by atoms with Crippen LogP contribution in [-0.4, -0.2) is 35.7 Å². The van der Waals surface area contributed by atoms with Gasteiger partial charge in [-0.1, -0.05) is 30.3 Å². The van der Waals surface area contributed by atoms with E-state index in [1.54, 1.807) is 18.2 Å². The minimum Gasteiger partial charge on any atom is -0.497 e. The van der Waals surface area contributed by atoms with Gasteiger partial charge in [0.05, 0.1) is 27.0 Å². The molecule has 0 spiro atoms. The SMILES string of the molecule is COc1ccc(OC)c(NC(=O)c2ccc(OC)c(S(=O)(=O)NCc3ccccc3)c2)c1. The van der Waals surface area contributed by atoms with Crippen LogP contribution in [0.4, 0.5) is 5.69 Å². The number of hydrogen-bond donors (Lipinski definition) is 2. The van der Waals surface area contributed by atoms with Crippen molar-refractivity contribution in [1.29, 1.82) is 0 Å². The Bertz CT molecular complexity index is 1200. The van der Waals surface area contributed by atoms with Crippen molar-refractivity contribution >= 4 is 21.6 Å². The first-order valence-electron chi connectivity index (χ1n) is 9.63. The van der Waals surface area contributed by atoms with Crippen LogP contribution in [0, 0.1) is 0 Å². The van der Waals surface area contributed by atoms with Crippen molar-refractivity contribution in [3.05, 3.63) is 77.9 Å². The molecule has 0 atom stereocenters. The summed E-state index contributed by atoms with van der Waals surface area (Å²) in [5.74, 6) is 0.578. The number of amides is 1. The second kappa shape index (κ2) is 10.2. The first-order chi connectivity index (χ1) is 15.4. The van der Waals surface area contributed by atoms with Crippen LogP contribution < -0.4 is 24.2 Å². The normalized spacial score (nSPS) is 11.0. The zero-order chi connectivity index (χ0) is 23.1. The molecule has 3 aromatic rings. The second-order valence-corrected chi connectivity index (χ2v) is 8.43. The van der Waals surface area contributed by atoms with Crippen LogP contribution in [-0.2, 0) is 16.6 Å². The summed E-state index contributed by atoms with van der Waals surface area (Å²) >= 11 is 0. The molecule has 8 nitrogen and oxygen atoms in total. The maximum atomic E-state index is 12.9. The van der Waals surface area contributed by atoms with Gasteiger partial charge < -0.3 is 19.5 Å².